The van der Waals surface area contributed by atoms with Gasteiger partial charge in [-0.25, -0.2) is 0 Å². The first-order valence-electron chi connectivity index (χ1n) is 7.45. The average Bonchev–Trinajstić information content (AvgIpc) is 3.06. The summed E-state index contributed by atoms with van der Waals surface area (Å²) in [5, 5.41) is 4.00. The van der Waals surface area contributed by atoms with E-state index in [0.29, 0.717) is 30.8 Å². The van der Waals surface area contributed by atoms with Crippen LogP contribution < -0.4 is 5.73 Å². The zero-order chi connectivity index (χ0) is 15.6. The van der Waals surface area contributed by atoms with E-state index in [1.807, 2.05) is 25.8 Å². The van der Waals surface area contributed by atoms with Crippen LogP contribution in [-0.2, 0) is 11.3 Å². The molecule has 1 amide bonds. The van der Waals surface area contributed by atoms with Crippen LogP contribution in [0.5, 0.6) is 0 Å². The summed E-state index contributed by atoms with van der Waals surface area (Å²) in [7, 11) is 2.02. The molecule has 1 unspecified atom stereocenters. The summed E-state index contributed by atoms with van der Waals surface area (Å²) in [4.78, 5) is 20.3. The smallest absolute Gasteiger partial charge is 0.239 e. The monoisotopic (exact) mass is 295 g/mol. The highest BCUT2D eigenvalue weighted by Gasteiger charge is 2.30. The van der Waals surface area contributed by atoms with Gasteiger partial charge in [0, 0.05) is 25.0 Å². The lowest BCUT2D eigenvalue weighted by Crippen LogP contribution is -2.42. The fraction of sp³-hybridized carbons (Fsp3) is 0.786. The van der Waals surface area contributed by atoms with E-state index < -0.39 is 6.04 Å². The molecule has 0 radical (unpaired) electrons. The zero-order valence-electron chi connectivity index (χ0n) is 13.2. The van der Waals surface area contributed by atoms with Crippen molar-refractivity contribution in [2.24, 2.45) is 5.73 Å². The molecule has 7 nitrogen and oxygen atoms in total. The number of nitrogens with zero attached hydrogens (tertiary/aromatic N) is 4. The van der Waals surface area contributed by atoms with Crippen molar-refractivity contribution in [2.45, 2.75) is 51.7 Å². The predicted molar refractivity (Wildman–Crippen MR) is 78.5 cm³/mol. The first-order valence-corrected chi connectivity index (χ1v) is 7.45. The van der Waals surface area contributed by atoms with Gasteiger partial charge in [0.15, 0.2) is 5.82 Å². The number of nitrogens with two attached hydrogens (primary N) is 1. The highest BCUT2D eigenvalue weighted by Crippen LogP contribution is 2.17. The van der Waals surface area contributed by atoms with Gasteiger partial charge in [-0.05, 0) is 20.4 Å². The highest BCUT2D eigenvalue weighted by atomic mass is 16.5. The zero-order valence-corrected chi connectivity index (χ0v) is 13.2. The molecule has 0 aromatic carbocycles. The van der Waals surface area contributed by atoms with Gasteiger partial charge < -0.3 is 15.2 Å². The summed E-state index contributed by atoms with van der Waals surface area (Å²) in [5.74, 6) is 1.62. The van der Waals surface area contributed by atoms with Crippen molar-refractivity contribution >= 4 is 5.91 Å². The van der Waals surface area contributed by atoms with Crippen LogP contribution >= 0.6 is 0 Å². The van der Waals surface area contributed by atoms with Gasteiger partial charge in [-0.15, -0.1) is 0 Å². The molecule has 2 heterocycles. The summed E-state index contributed by atoms with van der Waals surface area (Å²) in [6, 6.07) is -0.117. The van der Waals surface area contributed by atoms with Gasteiger partial charge in [0.25, 0.3) is 0 Å². The van der Waals surface area contributed by atoms with E-state index in [4.69, 9.17) is 10.3 Å². The van der Waals surface area contributed by atoms with E-state index >= 15 is 0 Å². The summed E-state index contributed by atoms with van der Waals surface area (Å²) in [5.41, 5.74) is 5.65. The van der Waals surface area contributed by atoms with Gasteiger partial charge >= 0.3 is 0 Å². The lowest BCUT2D eigenvalue weighted by molar-refractivity contribution is -0.131. The minimum absolute atomic E-state index is 0.0209. The van der Waals surface area contributed by atoms with Crippen LogP contribution in [0.2, 0.25) is 0 Å². The standard InChI is InChI=1S/C14H25N5O2/c1-9(2)13-16-12(17-21-13)8-18(4)11-5-6-19(7-11)14(20)10(3)15/h9-11H,5-8,15H2,1-4H3/t10-,11?/m1/s1. The Balaban J connectivity index is 1.89. The van der Waals surface area contributed by atoms with Crippen molar-refractivity contribution in [3.8, 4) is 0 Å². The third-order valence-electron chi connectivity index (χ3n) is 3.86. The van der Waals surface area contributed by atoms with Crippen molar-refractivity contribution in [1.29, 1.82) is 0 Å². The van der Waals surface area contributed by atoms with E-state index in [2.05, 4.69) is 15.0 Å². The maximum atomic E-state index is 11.9. The largest absolute Gasteiger partial charge is 0.340 e. The number of rotatable bonds is 5. The van der Waals surface area contributed by atoms with Gasteiger partial charge in [0.2, 0.25) is 11.8 Å². The molecule has 0 aliphatic carbocycles. The maximum Gasteiger partial charge on any atom is 0.239 e. The molecule has 0 saturated carbocycles. The second-order valence-electron chi connectivity index (χ2n) is 6.13. The molecule has 1 aromatic rings. The number of aromatic nitrogens is 2. The molecule has 118 valence electrons. The van der Waals surface area contributed by atoms with Gasteiger partial charge in [-0.2, -0.15) is 4.98 Å². The molecule has 7 heteroatoms. The van der Waals surface area contributed by atoms with Crippen LogP contribution in [0.4, 0.5) is 0 Å². The SMILES string of the molecule is CC(C)c1nc(CN(C)C2CCN(C(=O)[C@@H](C)N)C2)no1. The van der Waals surface area contributed by atoms with Crippen LogP contribution in [0.1, 0.15) is 44.8 Å². The Bertz CT molecular complexity index is 485. The highest BCUT2D eigenvalue weighted by molar-refractivity contribution is 5.81. The maximum absolute atomic E-state index is 11.9. The molecule has 1 aromatic heterocycles. The van der Waals surface area contributed by atoms with Crippen molar-refractivity contribution in [2.75, 3.05) is 20.1 Å². The molecule has 1 aliphatic heterocycles. The van der Waals surface area contributed by atoms with Crippen molar-refractivity contribution in [1.82, 2.24) is 19.9 Å². The second kappa shape index (κ2) is 6.53. The Morgan fingerprint density at radius 1 is 1.52 bits per heavy atom. The number of carbonyl (C=O) groups excluding carboxylic acids is 1. The van der Waals surface area contributed by atoms with Crippen molar-refractivity contribution in [3.63, 3.8) is 0 Å². The van der Waals surface area contributed by atoms with Gasteiger partial charge in [-0.3, -0.25) is 9.69 Å². The van der Waals surface area contributed by atoms with Crippen LogP contribution in [0, 0.1) is 0 Å². The molecule has 0 spiro atoms. The quantitative estimate of drug-likeness (QED) is 0.854. The molecule has 1 fully saturated rings. The third kappa shape index (κ3) is 3.79. The molecule has 1 saturated heterocycles. The van der Waals surface area contributed by atoms with Crippen molar-refractivity contribution in [3.05, 3.63) is 11.7 Å². The van der Waals surface area contributed by atoms with Crippen LogP contribution in [-0.4, -0.2) is 58.1 Å². The van der Waals surface area contributed by atoms with E-state index in [-0.39, 0.29) is 11.8 Å². The lowest BCUT2D eigenvalue weighted by Gasteiger charge is -2.24. The molecule has 0 bridgehead atoms. The number of carbonyl (C=O) groups is 1. The Labute approximate surface area is 125 Å². The molecule has 1 aliphatic rings. The molecule has 2 atom stereocenters. The van der Waals surface area contributed by atoms with E-state index in [1.165, 1.54) is 0 Å². The Morgan fingerprint density at radius 3 is 2.81 bits per heavy atom. The Morgan fingerprint density at radius 2 is 2.24 bits per heavy atom. The van der Waals surface area contributed by atoms with Crippen molar-refractivity contribution < 1.29 is 9.32 Å². The third-order valence-corrected chi connectivity index (χ3v) is 3.86. The molecular weight excluding hydrogens is 270 g/mol. The fourth-order valence-corrected chi connectivity index (χ4v) is 2.51. The fourth-order valence-electron chi connectivity index (χ4n) is 2.51. The Hall–Kier alpha value is -1.47. The van der Waals surface area contributed by atoms with E-state index in [0.717, 1.165) is 13.0 Å². The topological polar surface area (TPSA) is 88.5 Å². The Kier molecular flexibility index (Phi) is 4.95. The summed E-state index contributed by atoms with van der Waals surface area (Å²) >= 11 is 0. The molecule has 2 rings (SSSR count). The summed E-state index contributed by atoms with van der Waals surface area (Å²) in [6.45, 7) is 7.88. The molecule has 21 heavy (non-hydrogen) atoms. The van der Waals surface area contributed by atoms with Gasteiger partial charge in [-0.1, -0.05) is 19.0 Å². The minimum atomic E-state index is -0.431. The van der Waals surface area contributed by atoms with Crippen LogP contribution in [0.25, 0.3) is 0 Å². The van der Waals surface area contributed by atoms with Gasteiger partial charge in [0.1, 0.15) is 0 Å². The van der Waals surface area contributed by atoms with Crippen LogP contribution in [0.15, 0.2) is 4.52 Å². The number of hydrogen-bond donors (Lipinski definition) is 1. The molecule has 2 N–H and O–H groups in total. The first-order chi connectivity index (χ1) is 9.88. The minimum Gasteiger partial charge on any atom is -0.340 e. The summed E-state index contributed by atoms with van der Waals surface area (Å²) < 4.78 is 5.21. The summed E-state index contributed by atoms with van der Waals surface area (Å²) in [6.07, 6.45) is 0.948. The van der Waals surface area contributed by atoms with E-state index in [9.17, 15) is 4.79 Å². The van der Waals surface area contributed by atoms with Gasteiger partial charge in [0.05, 0.1) is 12.6 Å². The number of likely N-dealkylation sites (N-methyl/N-ethyl adjacent to an activating group) is 1. The van der Waals surface area contributed by atoms with E-state index in [1.54, 1.807) is 6.92 Å². The number of hydrogen-bond acceptors (Lipinski definition) is 6. The predicted octanol–water partition coefficient (Wildman–Crippen LogP) is 0.573. The number of amides is 1. The van der Waals surface area contributed by atoms with Crippen LogP contribution in [0.3, 0.4) is 0 Å². The first kappa shape index (κ1) is 15.9. The second-order valence-corrected chi connectivity index (χ2v) is 6.13. The molecular formula is C14H25N5O2. The average molecular weight is 295 g/mol. The number of likely N-dealkylation sites (tertiary alicyclic amines) is 1. The normalized spacial score (nSPS) is 20.5. The lowest BCUT2D eigenvalue weighted by atomic mass is 10.2.